The molecule has 1 heterocycles. The van der Waals surface area contributed by atoms with E-state index in [9.17, 15) is 0 Å². The molecule has 2 fully saturated rings. The van der Waals surface area contributed by atoms with Crippen LogP contribution in [0, 0.1) is 11.8 Å². The lowest BCUT2D eigenvalue weighted by Crippen LogP contribution is -2.27. The van der Waals surface area contributed by atoms with Crippen molar-refractivity contribution in [1.82, 2.24) is 9.55 Å². The van der Waals surface area contributed by atoms with Gasteiger partial charge in [0.25, 0.3) is 0 Å². The normalized spacial score (nSPS) is 35.1. The zero-order valence-corrected chi connectivity index (χ0v) is 8.61. The highest BCUT2D eigenvalue weighted by Gasteiger charge is 2.39. The average Bonchev–Trinajstić information content (AvgIpc) is 2.83. The Morgan fingerprint density at radius 3 is 2.93 bits per heavy atom. The van der Waals surface area contributed by atoms with E-state index in [4.69, 9.17) is 0 Å². The van der Waals surface area contributed by atoms with Crippen LogP contribution in [0.15, 0.2) is 12.4 Å². The van der Waals surface area contributed by atoms with Crippen LogP contribution in [0.3, 0.4) is 0 Å². The van der Waals surface area contributed by atoms with Crippen LogP contribution in [0.2, 0.25) is 0 Å². The number of imidazole rings is 1. The minimum absolute atomic E-state index is 0.690. The molecule has 0 aromatic carbocycles. The Hall–Kier alpha value is -0.990. The summed E-state index contributed by atoms with van der Waals surface area (Å²) in [5.41, 5.74) is 0. The van der Waals surface area contributed by atoms with E-state index in [1.165, 1.54) is 25.7 Å². The van der Waals surface area contributed by atoms with Gasteiger partial charge in [0.1, 0.15) is 0 Å². The summed E-state index contributed by atoms with van der Waals surface area (Å²) in [6.45, 7) is 0. The largest absolute Gasteiger partial charge is 0.353 e. The zero-order valence-electron chi connectivity index (χ0n) is 8.61. The average molecular weight is 191 g/mol. The van der Waals surface area contributed by atoms with Crippen molar-refractivity contribution in [3.8, 4) is 0 Å². The summed E-state index contributed by atoms with van der Waals surface area (Å²) in [5.74, 6) is 2.94. The third kappa shape index (κ3) is 1.22. The van der Waals surface area contributed by atoms with Gasteiger partial charge in [0, 0.05) is 25.5 Å². The first-order valence-corrected chi connectivity index (χ1v) is 5.57. The molecule has 2 aliphatic carbocycles. The molecule has 0 aliphatic heterocycles. The van der Waals surface area contributed by atoms with Crippen LogP contribution in [-0.4, -0.2) is 15.6 Å². The summed E-state index contributed by atoms with van der Waals surface area (Å²) in [4.78, 5) is 4.31. The van der Waals surface area contributed by atoms with Crippen LogP contribution in [0.25, 0.3) is 0 Å². The number of fused-ring (bicyclic) bond motifs is 2. The number of aryl methyl sites for hydroxylation is 1. The molecule has 0 amide bonds. The van der Waals surface area contributed by atoms with Gasteiger partial charge < -0.3 is 9.88 Å². The second-order valence-electron chi connectivity index (χ2n) is 4.79. The molecule has 0 saturated heterocycles. The molecule has 0 radical (unpaired) electrons. The molecule has 3 unspecified atom stereocenters. The summed E-state index contributed by atoms with van der Waals surface area (Å²) >= 11 is 0. The van der Waals surface area contributed by atoms with E-state index < -0.39 is 0 Å². The highest BCUT2D eigenvalue weighted by atomic mass is 15.2. The number of nitrogens with one attached hydrogen (secondary N) is 1. The van der Waals surface area contributed by atoms with Crippen molar-refractivity contribution < 1.29 is 0 Å². The summed E-state index contributed by atoms with van der Waals surface area (Å²) in [6, 6.07) is 0.690. The SMILES string of the molecule is Cn1ccnc1NC1CC2CCC1C2. The molecule has 14 heavy (non-hydrogen) atoms. The number of hydrogen-bond acceptors (Lipinski definition) is 2. The lowest BCUT2D eigenvalue weighted by atomic mass is 9.95. The smallest absolute Gasteiger partial charge is 0.202 e. The van der Waals surface area contributed by atoms with E-state index in [1.54, 1.807) is 0 Å². The van der Waals surface area contributed by atoms with Crippen LogP contribution >= 0.6 is 0 Å². The third-order valence-electron chi connectivity index (χ3n) is 3.87. The second-order valence-corrected chi connectivity index (χ2v) is 4.79. The van der Waals surface area contributed by atoms with Crippen LogP contribution in [-0.2, 0) is 7.05 Å². The van der Waals surface area contributed by atoms with Gasteiger partial charge in [0.2, 0.25) is 5.95 Å². The number of anilines is 1. The predicted molar refractivity (Wildman–Crippen MR) is 56.1 cm³/mol. The Kier molecular flexibility index (Phi) is 1.79. The molecule has 3 atom stereocenters. The number of aromatic nitrogens is 2. The Balaban J connectivity index is 1.71. The fourth-order valence-corrected chi connectivity index (χ4v) is 3.09. The first-order chi connectivity index (χ1) is 6.83. The molecular weight excluding hydrogens is 174 g/mol. The predicted octanol–water partition coefficient (Wildman–Crippen LogP) is 2.02. The standard InChI is InChI=1S/C11H17N3/c1-14-5-4-12-11(14)13-10-7-8-2-3-9(10)6-8/h4-5,8-10H,2-3,6-7H2,1H3,(H,12,13). The van der Waals surface area contributed by atoms with E-state index in [-0.39, 0.29) is 0 Å². The molecule has 2 saturated carbocycles. The second kappa shape index (κ2) is 3.01. The van der Waals surface area contributed by atoms with Gasteiger partial charge in [-0.1, -0.05) is 6.42 Å². The molecule has 1 aromatic heterocycles. The van der Waals surface area contributed by atoms with E-state index in [0.29, 0.717) is 6.04 Å². The van der Waals surface area contributed by atoms with Gasteiger partial charge in [0.05, 0.1) is 0 Å². The molecule has 2 aliphatic rings. The number of nitrogens with zero attached hydrogens (tertiary/aromatic N) is 2. The van der Waals surface area contributed by atoms with E-state index >= 15 is 0 Å². The van der Waals surface area contributed by atoms with Crippen LogP contribution < -0.4 is 5.32 Å². The maximum Gasteiger partial charge on any atom is 0.202 e. The van der Waals surface area contributed by atoms with Gasteiger partial charge in [0.15, 0.2) is 0 Å². The molecule has 3 rings (SSSR count). The van der Waals surface area contributed by atoms with Crippen molar-refractivity contribution in [3.63, 3.8) is 0 Å². The van der Waals surface area contributed by atoms with Crippen molar-refractivity contribution in [2.24, 2.45) is 18.9 Å². The van der Waals surface area contributed by atoms with Gasteiger partial charge >= 0.3 is 0 Å². The van der Waals surface area contributed by atoms with E-state index in [1.807, 2.05) is 19.4 Å². The summed E-state index contributed by atoms with van der Waals surface area (Å²) < 4.78 is 2.06. The molecule has 3 heteroatoms. The number of rotatable bonds is 2. The van der Waals surface area contributed by atoms with Crippen molar-refractivity contribution >= 4 is 5.95 Å². The molecule has 76 valence electrons. The van der Waals surface area contributed by atoms with Crippen LogP contribution in [0.5, 0.6) is 0 Å². The quantitative estimate of drug-likeness (QED) is 0.775. The van der Waals surface area contributed by atoms with Crippen LogP contribution in [0.4, 0.5) is 5.95 Å². The maximum absolute atomic E-state index is 4.31. The minimum Gasteiger partial charge on any atom is -0.353 e. The topological polar surface area (TPSA) is 29.9 Å². The van der Waals surface area contributed by atoms with E-state index in [2.05, 4.69) is 14.9 Å². The van der Waals surface area contributed by atoms with E-state index in [0.717, 1.165) is 17.8 Å². The Bertz CT molecular complexity index is 331. The molecule has 0 spiro atoms. The molecule has 1 N–H and O–H groups in total. The highest BCUT2D eigenvalue weighted by Crippen LogP contribution is 2.45. The molecular formula is C11H17N3. The summed E-state index contributed by atoms with van der Waals surface area (Å²) in [7, 11) is 2.04. The van der Waals surface area contributed by atoms with Crippen molar-refractivity contribution in [2.75, 3.05) is 5.32 Å². The van der Waals surface area contributed by atoms with Gasteiger partial charge in [-0.2, -0.15) is 0 Å². The lowest BCUT2D eigenvalue weighted by Gasteiger charge is -2.23. The maximum atomic E-state index is 4.31. The van der Waals surface area contributed by atoms with Crippen molar-refractivity contribution in [1.29, 1.82) is 0 Å². The third-order valence-corrected chi connectivity index (χ3v) is 3.87. The first-order valence-electron chi connectivity index (χ1n) is 5.57. The lowest BCUT2D eigenvalue weighted by molar-refractivity contribution is 0.437. The summed E-state index contributed by atoms with van der Waals surface area (Å²) in [5, 5.41) is 3.57. The summed E-state index contributed by atoms with van der Waals surface area (Å²) in [6.07, 6.45) is 9.54. The Labute approximate surface area is 84.5 Å². The zero-order chi connectivity index (χ0) is 9.54. The number of hydrogen-bond donors (Lipinski definition) is 1. The van der Waals surface area contributed by atoms with Crippen molar-refractivity contribution in [2.45, 2.75) is 31.7 Å². The fraction of sp³-hybridized carbons (Fsp3) is 0.727. The monoisotopic (exact) mass is 191 g/mol. The molecule has 2 bridgehead atoms. The minimum atomic E-state index is 0.690. The van der Waals surface area contributed by atoms with Gasteiger partial charge in [-0.3, -0.25) is 0 Å². The first kappa shape index (κ1) is 8.33. The van der Waals surface area contributed by atoms with Crippen LogP contribution in [0.1, 0.15) is 25.7 Å². The molecule has 1 aromatic rings. The fourth-order valence-electron chi connectivity index (χ4n) is 3.09. The molecule has 3 nitrogen and oxygen atoms in total. The van der Waals surface area contributed by atoms with Gasteiger partial charge in [-0.05, 0) is 31.1 Å². The van der Waals surface area contributed by atoms with Gasteiger partial charge in [-0.15, -0.1) is 0 Å². The highest BCUT2D eigenvalue weighted by molar-refractivity contribution is 5.28. The Morgan fingerprint density at radius 1 is 1.43 bits per heavy atom. The Morgan fingerprint density at radius 2 is 2.36 bits per heavy atom. The van der Waals surface area contributed by atoms with Crippen molar-refractivity contribution in [3.05, 3.63) is 12.4 Å². The van der Waals surface area contributed by atoms with Gasteiger partial charge in [-0.25, -0.2) is 4.98 Å².